The highest BCUT2D eigenvalue weighted by atomic mass is 19.4. The molecule has 0 amide bonds. The van der Waals surface area contributed by atoms with Gasteiger partial charge < -0.3 is 0 Å². The van der Waals surface area contributed by atoms with Gasteiger partial charge in [0.1, 0.15) is 6.04 Å². The van der Waals surface area contributed by atoms with Gasteiger partial charge in [0.2, 0.25) is 0 Å². The minimum Gasteiger partial charge on any atom is -0.276 e. The molecule has 0 spiro atoms. The highest BCUT2D eigenvalue weighted by molar-refractivity contribution is 6.00. The number of fused-ring (bicyclic) bond motifs is 1. The fourth-order valence-corrected chi connectivity index (χ4v) is 1.80. The first kappa shape index (κ1) is 10.2. The Morgan fingerprint density at radius 3 is 2.60 bits per heavy atom. The summed E-state index contributed by atoms with van der Waals surface area (Å²) in [5.74, 6) is 0. The first-order valence-corrected chi connectivity index (χ1v) is 4.68. The van der Waals surface area contributed by atoms with Crippen LogP contribution in [0, 0.1) is 0 Å². The Hall–Kier alpha value is -1.32. The highest BCUT2D eigenvalue weighted by Gasteiger charge is 2.41. The maximum atomic E-state index is 12.5. The molecule has 0 bridgehead atoms. The van der Waals surface area contributed by atoms with Gasteiger partial charge in [0, 0.05) is 12.1 Å². The second-order valence-corrected chi connectivity index (χ2v) is 3.63. The van der Waals surface area contributed by atoms with E-state index in [9.17, 15) is 13.2 Å². The van der Waals surface area contributed by atoms with Crippen LogP contribution in [0.3, 0.4) is 0 Å². The van der Waals surface area contributed by atoms with E-state index in [0.717, 1.165) is 11.1 Å². The summed E-state index contributed by atoms with van der Waals surface area (Å²) in [5, 5.41) is 0. The van der Waals surface area contributed by atoms with Gasteiger partial charge in [-0.15, -0.1) is 0 Å². The Bertz CT molecular complexity index is 407. The van der Waals surface area contributed by atoms with Crippen LogP contribution in [-0.4, -0.2) is 17.9 Å². The first-order chi connectivity index (χ1) is 6.98. The Kier molecular flexibility index (Phi) is 2.29. The van der Waals surface area contributed by atoms with Crippen LogP contribution in [0.4, 0.5) is 13.2 Å². The van der Waals surface area contributed by atoms with Crippen molar-refractivity contribution < 1.29 is 13.2 Å². The van der Waals surface area contributed by atoms with Crippen LogP contribution in [0.2, 0.25) is 0 Å². The summed E-state index contributed by atoms with van der Waals surface area (Å²) in [4.78, 5) is 3.69. The lowest BCUT2D eigenvalue weighted by atomic mass is 9.94. The molecule has 1 atom stereocenters. The Balaban J connectivity index is 2.41. The normalized spacial score (nSPS) is 20.8. The summed E-state index contributed by atoms with van der Waals surface area (Å²) in [7, 11) is 0. The SMILES string of the molecule is CC1=NC(C(F)(F)F)Cc2ccccc21. The molecule has 0 radical (unpaired) electrons. The van der Waals surface area contributed by atoms with E-state index in [2.05, 4.69) is 4.99 Å². The van der Waals surface area contributed by atoms with Crippen LogP contribution in [0.15, 0.2) is 29.3 Å². The van der Waals surface area contributed by atoms with Crippen LogP contribution in [-0.2, 0) is 6.42 Å². The minimum absolute atomic E-state index is 0.0446. The molecule has 1 nitrogen and oxygen atoms in total. The van der Waals surface area contributed by atoms with Gasteiger partial charge in [-0.1, -0.05) is 24.3 Å². The predicted molar refractivity (Wildman–Crippen MR) is 52.2 cm³/mol. The monoisotopic (exact) mass is 213 g/mol. The van der Waals surface area contributed by atoms with E-state index >= 15 is 0 Å². The van der Waals surface area contributed by atoms with Gasteiger partial charge in [0.25, 0.3) is 0 Å². The van der Waals surface area contributed by atoms with Crippen LogP contribution in [0.25, 0.3) is 0 Å². The molecule has 0 fully saturated rings. The number of hydrogen-bond acceptors (Lipinski definition) is 1. The summed E-state index contributed by atoms with van der Waals surface area (Å²) >= 11 is 0. The number of alkyl halides is 3. The van der Waals surface area contributed by atoms with Crippen LogP contribution >= 0.6 is 0 Å². The van der Waals surface area contributed by atoms with E-state index in [1.165, 1.54) is 0 Å². The number of nitrogens with zero attached hydrogens (tertiary/aromatic N) is 1. The molecule has 1 unspecified atom stereocenters. The standard InChI is InChI=1S/C11H10F3N/c1-7-9-5-3-2-4-8(9)6-10(15-7)11(12,13)14/h2-5,10H,6H2,1H3. The van der Waals surface area contributed by atoms with Crippen molar-refractivity contribution in [2.45, 2.75) is 25.6 Å². The molecule has 0 N–H and O–H groups in total. The molecule has 1 heterocycles. The Morgan fingerprint density at radius 2 is 1.93 bits per heavy atom. The average Bonchev–Trinajstić information content (AvgIpc) is 2.16. The van der Waals surface area contributed by atoms with Crippen LogP contribution < -0.4 is 0 Å². The molecule has 80 valence electrons. The lowest BCUT2D eigenvalue weighted by Gasteiger charge is -2.23. The van der Waals surface area contributed by atoms with E-state index in [-0.39, 0.29) is 6.42 Å². The van der Waals surface area contributed by atoms with Crippen molar-refractivity contribution in [3.05, 3.63) is 35.4 Å². The molecule has 2 rings (SSSR count). The van der Waals surface area contributed by atoms with Crippen molar-refractivity contribution in [1.82, 2.24) is 0 Å². The Morgan fingerprint density at radius 1 is 1.27 bits per heavy atom. The molecule has 0 saturated heterocycles. The summed E-state index contributed by atoms with van der Waals surface area (Å²) in [5.41, 5.74) is 2.03. The molecule has 0 aromatic heterocycles. The van der Waals surface area contributed by atoms with E-state index in [1.807, 2.05) is 6.07 Å². The second-order valence-electron chi connectivity index (χ2n) is 3.63. The fourth-order valence-electron chi connectivity index (χ4n) is 1.80. The average molecular weight is 213 g/mol. The van der Waals surface area contributed by atoms with E-state index < -0.39 is 12.2 Å². The molecule has 1 aromatic carbocycles. The van der Waals surface area contributed by atoms with E-state index in [4.69, 9.17) is 0 Å². The molecule has 0 saturated carbocycles. The van der Waals surface area contributed by atoms with Gasteiger partial charge in [-0.2, -0.15) is 13.2 Å². The van der Waals surface area contributed by atoms with Gasteiger partial charge in [0.05, 0.1) is 0 Å². The molecular formula is C11H10F3N. The molecule has 1 aliphatic rings. The summed E-state index contributed by atoms with van der Waals surface area (Å²) in [6.07, 6.45) is -4.29. The zero-order valence-corrected chi connectivity index (χ0v) is 8.17. The largest absolute Gasteiger partial charge is 0.411 e. The lowest BCUT2D eigenvalue weighted by molar-refractivity contribution is -0.146. The van der Waals surface area contributed by atoms with Crippen molar-refractivity contribution in [3.63, 3.8) is 0 Å². The van der Waals surface area contributed by atoms with Crippen molar-refractivity contribution in [2.75, 3.05) is 0 Å². The third-order valence-electron chi connectivity index (χ3n) is 2.55. The third kappa shape index (κ3) is 1.89. The number of benzene rings is 1. The summed E-state index contributed by atoms with van der Waals surface area (Å²) in [6.45, 7) is 1.62. The molecule has 1 aliphatic heterocycles. The topological polar surface area (TPSA) is 12.4 Å². The molecule has 1 aromatic rings. The smallest absolute Gasteiger partial charge is 0.276 e. The number of halogens is 3. The highest BCUT2D eigenvalue weighted by Crippen LogP contribution is 2.30. The van der Waals surface area contributed by atoms with Crippen molar-refractivity contribution in [2.24, 2.45) is 4.99 Å². The van der Waals surface area contributed by atoms with Gasteiger partial charge in [-0.3, -0.25) is 4.99 Å². The zero-order valence-electron chi connectivity index (χ0n) is 8.17. The summed E-state index contributed by atoms with van der Waals surface area (Å²) in [6, 6.07) is 5.52. The molecule has 0 aliphatic carbocycles. The van der Waals surface area contributed by atoms with Crippen LogP contribution in [0.5, 0.6) is 0 Å². The fraction of sp³-hybridized carbons (Fsp3) is 0.364. The van der Waals surface area contributed by atoms with Crippen molar-refractivity contribution in [3.8, 4) is 0 Å². The molecular weight excluding hydrogens is 203 g/mol. The van der Waals surface area contributed by atoms with Gasteiger partial charge in [-0.25, -0.2) is 0 Å². The summed E-state index contributed by atoms with van der Waals surface area (Å²) < 4.78 is 37.5. The van der Waals surface area contributed by atoms with Gasteiger partial charge in [-0.05, 0) is 18.1 Å². The molecule has 15 heavy (non-hydrogen) atoms. The maximum absolute atomic E-state index is 12.5. The van der Waals surface area contributed by atoms with Gasteiger partial charge >= 0.3 is 6.18 Å². The van der Waals surface area contributed by atoms with Crippen LogP contribution in [0.1, 0.15) is 18.1 Å². The number of aliphatic imine (C=N–C) groups is 1. The van der Waals surface area contributed by atoms with Crippen molar-refractivity contribution >= 4 is 5.71 Å². The number of rotatable bonds is 0. The third-order valence-corrected chi connectivity index (χ3v) is 2.55. The first-order valence-electron chi connectivity index (χ1n) is 4.68. The predicted octanol–water partition coefficient (Wildman–Crippen LogP) is 2.98. The lowest BCUT2D eigenvalue weighted by Crippen LogP contribution is -2.33. The van der Waals surface area contributed by atoms with Crippen molar-refractivity contribution in [1.29, 1.82) is 0 Å². The minimum atomic E-state index is -4.24. The molecule has 4 heteroatoms. The second kappa shape index (κ2) is 3.36. The maximum Gasteiger partial charge on any atom is 0.411 e. The quantitative estimate of drug-likeness (QED) is 0.628. The van der Waals surface area contributed by atoms with E-state index in [0.29, 0.717) is 5.71 Å². The number of hydrogen-bond donors (Lipinski definition) is 0. The van der Waals surface area contributed by atoms with Gasteiger partial charge in [0.15, 0.2) is 0 Å². The Labute approximate surface area is 85.6 Å². The zero-order chi connectivity index (χ0) is 11.1. The van der Waals surface area contributed by atoms with E-state index in [1.54, 1.807) is 25.1 Å².